The molecule has 0 bridgehead atoms. The molecule has 0 spiro atoms. The Morgan fingerprint density at radius 2 is 1.47 bits per heavy atom. The summed E-state index contributed by atoms with van der Waals surface area (Å²) in [7, 11) is -2.30. The van der Waals surface area contributed by atoms with E-state index in [1.807, 2.05) is 6.08 Å². The van der Waals surface area contributed by atoms with E-state index in [1.165, 1.54) is 37.8 Å². The number of rotatable bonds is 26. The fourth-order valence-corrected chi connectivity index (χ4v) is 7.65. The molecular weight excluding hydrogens is 743 g/mol. The van der Waals surface area contributed by atoms with Crippen molar-refractivity contribution in [2.75, 3.05) is 26.4 Å². The van der Waals surface area contributed by atoms with Crippen molar-refractivity contribution in [2.24, 2.45) is 5.92 Å². The molecule has 1 saturated heterocycles. The van der Waals surface area contributed by atoms with E-state index in [1.54, 1.807) is 45.9 Å². The molecule has 1 aliphatic heterocycles. The summed E-state index contributed by atoms with van der Waals surface area (Å²) in [6.07, 6.45) is 15.4. The molecule has 326 valence electrons. The lowest BCUT2D eigenvalue weighted by Crippen LogP contribution is -2.57. The fourth-order valence-electron chi connectivity index (χ4n) is 6.61. The lowest BCUT2D eigenvalue weighted by atomic mass is 9.82. The van der Waals surface area contributed by atoms with Crippen molar-refractivity contribution in [3.63, 3.8) is 0 Å². The Morgan fingerprint density at radius 3 is 2.02 bits per heavy atom. The van der Waals surface area contributed by atoms with E-state index < -0.39 is 55.1 Å². The van der Waals surface area contributed by atoms with Gasteiger partial charge in [0.2, 0.25) is 5.91 Å². The molecular formula is C45H77NO10Si. The van der Waals surface area contributed by atoms with Crippen LogP contribution in [0.3, 0.4) is 0 Å². The van der Waals surface area contributed by atoms with Gasteiger partial charge in [-0.3, -0.25) is 4.79 Å². The lowest BCUT2D eigenvalue weighted by molar-refractivity contribution is -0.185. The molecule has 0 unspecified atom stereocenters. The molecule has 0 aliphatic carbocycles. The van der Waals surface area contributed by atoms with Gasteiger partial charge in [-0.25, -0.2) is 9.59 Å². The first-order valence-electron chi connectivity index (χ1n) is 21.5. The quantitative estimate of drug-likeness (QED) is 0.0358. The summed E-state index contributed by atoms with van der Waals surface area (Å²) >= 11 is 0. The van der Waals surface area contributed by atoms with Crippen molar-refractivity contribution in [1.29, 1.82) is 0 Å². The molecule has 0 saturated carbocycles. The maximum atomic E-state index is 14.4. The minimum Gasteiger partial charge on any atom is -0.508 e. The third-order valence-corrected chi connectivity index (χ3v) is 15.6. The standard InChI is InChI=1S/C45H77NO10Si/c1-11-13-14-18-21-28-44(53-32-33-54-44)29-22-19-16-15-17-20-23-37(39(48)46-38(40(49)52-12-2)34-35-24-26-36(47)27-25-35)45(51,41(50)56-42(3,4)5)30-31-55-57(9,10)43(6,7)8/h20,23-27,37-38,47,51H,11-19,21-22,28-34H2,1-10H3,(H,46,48)/t37-,38+,45+/m1/s1. The van der Waals surface area contributed by atoms with Gasteiger partial charge in [0.25, 0.3) is 0 Å². The predicted octanol–water partition coefficient (Wildman–Crippen LogP) is 9.08. The average Bonchev–Trinajstić information content (AvgIpc) is 3.58. The summed E-state index contributed by atoms with van der Waals surface area (Å²) in [5.41, 5.74) is -2.60. The first-order chi connectivity index (χ1) is 26.7. The zero-order valence-electron chi connectivity index (χ0n) is 37.0. The van der Waals surface area contributed by atoms with E-state index in [9.17, 15) is 24.6 Å². The summed E-state index contributed by atoms with van der Waals surface area (Å²) in [5.74, 6) is -4.13. The number of carbonyl (C=O) groups is 3. The largest absolute Gasteiger partial charge is 0.508 e. The number of aliphatic hydroxyl groups is 1. The number of ether oxygens (including phenoxy) is 4. The number of aromatic hydroxyl groups is 1. The topological polar surface area (TPSA) is 150 Å². The zero-order valence-corrected chi connectivity index (χ0v) is 38.0. The van der Waals surface area contributed by atoms with Crippen molar-refractivity contribution < 1.29 is 48.0 Å². The molecule has 12 heteroatoms. The highest BCUT2D eigenvalue weighted by Crippen LogP contribution is 2.38. The van der Waals surface area contributed by atoms with Gasteiger partial charge in [-0.1, -0.05) is 90.5 Å². The van der Waals surface area contributed by atoms with Crippen LogP contribution in [-0.2, 0) is 44.2 Å². The molecule has 1 amide bonds. The molecule has 1 aliphatic rings. The highest BCUT2D eigenvalue weighted by atomic mass is 28.4. The van der Waals surface area contributed by atoms with E-state index in [4.69, 9.17) is 23.4 Å². The third-order valence-electron chi connectivity index (χ3n) is 11.0. The Balaban J connectivity index is 2.30. The van der Waals surface area contributed by atoms with E-state index in [-0.39, 0.29) is 36.8 Å². The second kappa shape index (κ2) is 23.7. The molecule has 2 rings (SSSR count). The number of benzene rings is 1. The smallest absolute Gasteiger partial charge is 0.339 e. The number of phenolic OH excluding ortho intramolecular Hbond substituents is 1. The van der Waals surface area contributed by atoms with Crippen molar-refractivity contribution in [1.82, 2.24) is 5.32 Å². The predicted molar refractivity (Wildman–Crippen MR) is 227 cm³/mol. The molecule has 57 heavy (non-hydrogen) atoms. The highest BCUT2D eigenvalue weighted by Gasteiger charge is 2.50. The summed E-state index contributed by atoms with van der Waals surface area (Å²) in [5, 5.41) is 24.9. The van der Waals surface area contributed by atoms with E-state index >= 15 is 0 Å². The zero-order chi connectivity index (χ0) is 42.8. The van der Waals surface area contributed by atoms with E-state index in [2.05, 4.69) is 46.1 Å². The van der Waals surface area contributed by atoms with Crippen LogP contribution in [0, 0.1) is 5.92 Å². The normalized spacial score (nSPS) is 16.9. The summed E-state index contributed by atoms with van der Waals surface area (Å²) in [4.78, 5) is 41.6. The van der Waals surface area contributed by atoms with Crippen LogP contribution in [0.1, 0.15) is 144 Å². The summed E-state index contributed by atoms with van der Waals surface area (Å²) in [6, 6.07) is 5.18. The Kier molecular flexibility index (Phi) is 21.0. The number of nitrogens with one attached hydrogen (secondary N) is 1. The van der Waals surface area contributed by atoms with E-state index in [0.29, 0.717) is 25.2 Å². The molecule has 1 heterocycles. The van der Waals surface area contributed by atoms with Crippen LogP contribution < -0.4 is 5.32 Å². The number of carbonyl (C=O) groups excluding carboxylic acids is 3. The van der Waals surface area contributed by atoms with Gasteiger partial charge in [-0.05, 0) is 89.2 Å². The number of allylic oxidation sites excluding steroid dienone is 1. The molecule has 11 nitrogen and oxygen atoms in total. The Hall–Kier alpha value is -2.77. The minimum absolute atomic E-state index is 0.0202. The van der Waals surface area contributed by atoms with Crippen molar-refractivity contribution in [2.45, 2.75) is 186 Å². The van der Waals surface area contributed by atoms with Crippen LogP contribution in [0.15, 0.2) is 36.4 Å². The van der Waals surface area contributed by atoms with Gasteiger partial charge in [-0.2, -0.15) is 0 Å². The summed E-state index contributed by atoms with van der Waals surface area (Å²) < 4.78 is 29.7. The molecule has 1 fully saturated rings. The number of hydrogen-bond acceptors (Lipinski definition) is 10. The van der Waals surface area contributed by atoms with Gasteiger partial charge in [0, 0.05) is 32.3 Å². The highest BCUT2D eigenvalue weighted by molar-refractivity contribution is 6.74. The number of amides is 1. The van der Waals surface area contributed by atoms with E-state index in [0.717, 1.165) is 44.9 Å². The van der Waals surface area contributed by atoms with Gasteiger partial charge < -0.3 is 38.9 Å². The number of unbranched alkanes of at least 4 members (excludes halogenated alkanes) is 8. The van der Waals surface area contributed by atoms with Gasteiger partial charge in [-0.15, -0.1) is 0 Å². The molecule has 0 aromatic heterocycles. The molecule has 0 radical (unpaired) electrons. The van der Waals surface area contributed by atoms with Gasteiger partial charge >= 0.3 is 11.9 Å². The van der Waals surface area contributed by atoms with Crippen LogP contribution in [0.2, 0.25) is 18.1 Å². The van der Waals surface area contributed by atoms with Gasteiger partial charge in [0.1, 0.15) is 17.4 Å². The first-order valence-corrected chi connectivity index (χ1v) is 24.4. The Bertz CT molecular complexity index is 1380. The SMILES string of the molecule is CCCCCCCC1(CCCCCCC=C[C@H](C(=O)N[C@@H](Cc2ccc(O)cc2)C(=O)OCC)[C@@](O)(CCO[Si](C)(C)C(C)(C)C)C(=O)OC(C)(C)C)OCCO1. The fraction of sp³-hybridized carbons (Fsp3) is 0.756. The van der Waals surface area contributed by atoms with Crippen molar-refractivity contribution >= 4 is 26.2 Å². The van der Waals surface area contributed by atoms with Crippen LogP contribution in [0.25, 0.3) is 0 Å². The third kappa shape index (κ3) is 17.5. The molecule has 1 aromatic carbocycles. The van der Waals surface area contributed by atoms with Crippen molar-refractivity contribution in [3.05, 3.63) is 42.0 Å². The van der Waals surface area contributed by atoms with Crippen LogP contribution in [-0.4, -0.2) is 85.8 Å². The summed E-state index contributed by atoms with van der Waals surface area (Å²) in [6.45, 7) is 20.9. The van der Waals surface area contributed by atoms with Gasteiger partial charge in [0.15, 0.2) is 19.7 Å². The molecule has 3 atom stereocenters. The van der Waals surface area contributed by atoms with Crippen LogP contribution in [0.5, 0.6) is 5.75 Å². The second-order valence-corrected chi connectivity index (χ2v) is 22.9. The average molecular weight is 820 g/mol. The Morgan fingerprint density at radius 1 is 0.895 bits per heavy atom. The molecule has 3 N–H and O–H groups in total. The maximum Gasteiger partial charge on any atom is 0.339 e. The van der Waals surface area contributed by atoms with Crippen LogP contribution >= 0.6 is 0 Å². The van der Waals surface area contributed by atoms with Gasteiger partial charge in [0.05, 0.1) is 25.7 Å². The van der Waals surface area contributed by atoms with Crippen molar-refractivity contribution in [3.8, 4) is 5.75 Å². The number of phenols is 1. The number of hydrogen-bond donors (Lipinski definition) is 3. The lowest BCUT2D eigenvalue weighted by Gasteiger charge is -2.38. The minimum atomic E-state index is -2.32. The Labute approximate surface area is 345 Å². The molecule has 1 aromatic rings. The maximum absolute atomic E-state index is 14.4. The monoisotopic (exact) mass is 820 g/mol. The van der Waals surface area contributed by atoms with Crippen LogP contribution in [0.4, 0.5) is 0 Å². The number of esters is 2. The second-order valence-electron chi connectivity index (χ2n) is 18.1. The first kappa shape index (κ1) is 50.4.